The fourth-order valence-corrected chi connectivity index (χ4v) is 2.23. The second kappa shape index (κ2) is 8.77. The quantitative estimate of drug-likeness (QED) is 0.718. The molecule has 2 aromatic carbocycles. The Morgan fingerprint density at radius 1 is 1.00 bits per heavy atom. The number of benzene rings is 2. The fourth-order valence-electron chi connectivity index (χ4n) is 2.23. The van der Waals surface area contributed by atoms with Gasteiger partial charge in [-0.25, -0.2) is 0 Å². The molecule has 1 amide bonds. The average Bonchev–Trinajstić information content (AvgIpc) is 2.62. The van der Waals surface area contributed by atoms with Gasteiger partial charge in [-0.2, -0.15) is 0 Å². The monoisotopic (exact) mass is 325 g/mol. The van der Waals surface area contributed by atoms with Gasteiger partial charge in [0, 0.05) is 18.8 Å². The number of ether oxygens (including phenoxy) is 2. The number of carbonyl (C=O) groups is 1. The molecular weight excluding hydrogens is 302 g/mol. The molecule has 4 nitrogen and oxygen atoms in total. The maximum atomic E-state index is 12.3. The van der Waals surface area contributed by atoms with E-state index in [1.807, 2.05) is 62.4 Å². The van der Waals surface area contributed by atoms with Gasteiger partial charge in [0.2, 0.25) is 0 Å². The third-order valence-electron chi connectivity index (χ3n) is 3.46. The van der Waals surface area contributed by atoms with E-state index in [-0.39, 0.29) is 5.91 Å². The van der Waals surface area contributed by atoms with Crippen molar-refractivity contribution in [1.29, 1.82) is 0 Å². The van der Waals surface area contributed by atoms with E-state index >= 15 is 0 Å². The minimum absolute atomic E-state index is 0.0898. The molecule has 0 bridgehead atoms. The van der Waals surface area contributed by atoms with Gasteiger partial charge < -0.3 is 14.4 Å². The molecule has 0 radical (unpaired) electrons. The van der Waals surface area contributed by atoms with Crippen LogP contribution in [0, 0.1) is 0 Å². The average molecular weight is 325 g/mol. The minimum Gasteiger partial charge on any atom is -0.490 e. The Kier molecular flexibility index (Phi) is 6.43. The number of likely N-dealkylation sites (N-methyl/N-ethyl adjacent to an activating group) is 1. The lowest BCUT2D eigenvalue weighted by Gasteiger charge is -2.15. The number of anilines is 1. The Bertz CT molecular complexity index is 695. The Labute approximate surface area is 143 Å². The summed E-state index contributed by atoms with van der Waals surface area (Å²) in [5.41, 5.74) is 1.74. The number of carbonyl (C=O) groups excluding carboxylic acids is 1. The van der Waals surface area contributed by atoms with Gasteiger partial charge in [0.25, 0.3) is 5.91 Å². The molecule has 0 saturated carbocycles. The molecule has 0 aliphatic rings. The molecule has 2 aromatic rings. The Morgan fingerprint density at radius 3 is 2.33 bits per heavy atom. The van der Waals surface area contributed by atoms with Crippen molar-refractivity contribution in [3.8, 4) is 11.5 Å². The summed E-state index contributed by atoms with van der Waals surface area (Å²) in [5, 5.41) is 0. The zero-order valence-corrected chi connectivity index (χ0v) is 14.4. The maximum Gasteiger partial charge on any atom is 0.250 e. The van der Waals surface area contributed by atoms with E-state index < -0.39 is 0 Å². The normalized spacial score (nSPS) is 10.6. The minimum atomic E-state index is -0.0898. The number of amides is 1. The summed E-state index contributed by atoms with van der Waals surface area (Å²) in [4.78, 5) is 13.9. The van der Waals surface area contributed by atoms with E-state index in [4.69, 9.17) is 9.47 Å². The first-order valence-electron chi connectivity index (χ1n) is 8.06. The van der Waals surface area contributed by atoms with Crippen molar-refractivity contribution in [3.05, 3.63) is 60.2 Å². The standard InChI is InChI=1S/C20H23NO3/c1-4-23-18-13-11-16(15-19(18)24-5-2)12-14-20(22)21(3)17-9-7-6-8-10-17/h6-15H,4-5H2,1-3H3/b14-12+. The highest BCUT2D eigenvalue weighted by Crippen LogP contribution is 2.29. The van der Waals surface area contributed by atoms with Gasteiger partial charge in [-0.05, 0) is 49.8 Å². The molecule has 0 aromatic heterocycles. The van der Waals surface area contributed by atoms with Crippen molar-refractivity contribution in [1.82, 2.24) is 0 Å². The maximum absolute atomic E-state index is 12.3. The van der Waals surface area contributed by atoms with E-state index in [1.165, 1.54) is 0 Å². The first-order chi connectivity index (χ1) is 11.7. The Balaban J connectivity index is 2.13. The molecule has 0 unspecified atom stereocenters. The van der Waals surface area contributed by atoms with Crippen LogP contribution in [0.2, 0.25) is 0 Å². The predicted octanol–water partition coefficient (Wildman–Crippen LogP) is 4.16. The Morgan fingerprint density at radius 2 is 1.67 bits per heavy atom. The lowest BCUT2D eigenvalue weighted by molar-refractivity contribution is -0.113. The summed E-state index contributed by atoms with van der Waals surface area (Å²) in [6.45, 7) is 5.00. The summed E-state index contributed by atoms with van der Waals surface area (Å²) < 4.78 is 11.1. The molecule has 0 spiro atoms. The van der Waals surface area contributed by atoms with Crippen LogP contribution < -0.4 is 14.4 Å². The number of nitrogens with zero attached hydrogens (tertiary/aromatic N) is 1. The van der Waals surface area contributed by atoms with Gasteiger partial charge >= 0.3 is 0 Å². The molecule has 0 aliphatic carbocycles. The largest absolute Gasteiger partial charge is 0.490 e. The molecule has 0 fully saturated rings. The van der Waals surface area contributed by atoms with E-state index in [2.05, 4.69) is 0 Å². The lowest BCUT2D eigenvalue weighted by Crippen LogP contribution is -2.23. The van der Waals surface area contributed by atoms with Crippen LogP contribution in [0.15, 0.2) is 54.6 Å². The molecule has 2 rings (SSSR count). The molecule has 0 heterocycles. The summed E-state index contributed by atoms with van der Waals surface area (Å²) in [5.74, 6) is 1.31. The van der Waals surface area contributed by atoms with E-state index in [9.17, 15) is 4.79 Å². The number of para-hydroxylation sites is 1. The van der Waals surface area contributed by atoms with Crippen molar-refractivity contribution in [3.63, 3.8) is 0 Å². The Hall–Kier alpha value is -2.75. The number of hydrogen-bond acceptors (Lipinski definition) is 3. The fraction of sp³-hybridized carbons (Fsp3) is 0.250. The van der Waals surface area contributed by atoms with Crippen LogP contribution in [0.3, 0.4) is 0 Å². The van der Waals surface area contributed by atoms with Gasteiger partial charge in [-0.3, -0.25) is 4.79 Å². The van der Waals surface area contributed by atoms with Crippen molar-refractivity contribution < 1.29 is 14.3 Å². The highest BCUT2D eigenvalue weighted by molar-refractivity contribution is 6.03. The van der Waals surface area contributed by atoms with Crippen molar-refractivity contribution in [2.75, 3.05) is 25.2 Å². The third kappa shape index (κ3) is 4.62. The zero-order valence-electron chi connectivity index (χ0n) is 14.4. The van der Waals surface area contributed by atoms with Crippen LogP contribution in [0.25, 0.3) is 6.08 Å². The van der Waals surface area contributed by atoms with E-state index in [0.717, 1.165) is 11.3 Å². The van der Waals surface area contributed by atoms with Crippen LogP contribution in [0.1, 0.15) is 19.4 Å². The van der Waals surface area contributed by atoms with E-state index in [1.54, 1.807) is 24.1 Å². The number of rotatable bonds is 7. The second-order valence-electron chi connectivity index (χ2n) is 5.14. The van der Waals surface area contributed by atoms with E-state index in [0.29, 0.717) is 24.7 Å². The molecule has 4 heteroatoms. The predicted molar refractivity (Wildman–Crippen MR) is 97.7 cm³/mol. The van der Waals surface area contributed by atoms with Crippen molar-refractivity contribution in [2.24, 2.45) is 0 Å². The topological polar surface area (TPSA) is 38.8 Å². The third-order valence-corrected chi connectivity index (χ3v) is 3.46. The first kappa shape index (κ1) is 17.6. The van der Waals surface area contributed by atoms with Gasteiger partial charge in [0.15, 0.2) is 11.5 Å². The van der Waals surface area contributed by atoms with Crippen LogP contribution in [-0.4, -0.2) is 26.2 Å². The first-order valence-corrected chi connectivity index (χ1v) is 8.06. The summed E-state index contributed by atoms with van der Waals surface area (Å²) in [6.07, 6.45) is 3.33. The summed E-state index contributed by atoms with van der Waals surface area (Å²) >= 11 is 0. The molecule has 0 atom stereocenters. The van der Waals surface area contributed by atoms with Crippen molar-refractivity contribution >= 4 is 17.7 Å². The summed E-state index contributed by atoms with van der Waals surface area (Å²) in [6, 6.07) is 15.2. The van der Waals surface area contributed by atoms with Crippen LogP contribution >= 0.6 is 0 Å². The van der Waals surface area contributed by atoms with Gasteiger partial charge in [-0.15, -0.1) is 0 Å². The highest BCUT2D eigenvalue weighted by atomic mass is 16.5. The van der Waals surface area contributed by atoms with Gasteiger partial charge in [0.1, 0.15) is 0 Å². The molecule has 0 aliphatic heterocycles. The van der Waals surface area contributed by atoms with Gasteiger partial charge in [0.05, 0.1) is 13.2 Å². The van der Waals surface area contributed by atoms with Crippen LogP contribution in [0.4, 0.5) is 5.69 Å². The number of hydrogen-bond donors (Lipinski definition) is 0. The second-order valence-corrected chi connectivity index (χ2v) is 5.14. The van der Waals surface area contributed by atoms with Crippen LogP contribution in [-0.2, 0) is 4.79 Å². The molecule has 0 N–H and O–H groups in total. The lowest BCUT2D eigenvalue weighted by atomic mass is 10.2. The zero-order chi connectivity index (χ0) is 17.4. The molecular formula is C20H23NO3. The molecule has 0 saturated heterocycles. The molecule has 24 heavy (non-hydrogen) atoms. The SMILES string of the molecule is CCOc1ccc(/C=C/C(=O)N(C)c2ccccc2)cc1OCC. The van der Waals surface area contributed by atoms with Crippen LogP contribution in [0.5, 0.6) is 11.5 Å². The van der Waals surface area contributed by atoms with Gasteiger partial charge in [-0.1, -0.05) is 24.3 Å². The molecule has 126 valence electrons. The highest BCUT2D eigenvalue weighted by Gasteiger charge is 2.08. The summed E-state index contributed by atoms with van der Waals surface area (Å²) in [7, 11) is 1.76. The smallest absolute Gasteiger partial charge is 0.250 e. The van der Waals surface area contributed by atoms with Crippen molar-refractivity contribution in [2.45, 2.75) is 13.8 Å².